The fourth-order valence-electron chi connectivity index (χ4n) is 4.07. The Morgan fingerprint density at radius 1 is 1.06 bits per heavy atom. The Bertz CT molecular complexity index is 1220. The van der Waals surface area contributed by atoms with Gasteiger partial charge in [0.2, 0.25) is 0 Å². The lowest BCUT2D eigenvalue weighted by molar-refractivity contribution is -0.123. The van der Waals surface area contributed by atoms with Crippen molar-refractivity contribution in [1.29, 1.82) is 0 Å². The summed E-state index contributed by atoms with van der Waals surface area (Å²) in [6.07, 6.45) is 3.67. The summed E-state index contributed by atoms with van der Waals surface area (Å²) in [5.41, 5.74) is 6.61. The van der Waals surface area contributed by atoms with Crippen LogP contribution >= 0.6 is 0 Å². The van der Waals surface area contributed by atoms with Crippen molar-refractivity contribution in [2.45, 2.75) is 39.0 Å². The summed E-state index contributed by atoms with van der Waals surface area (Å²) < 4.78 is 5.31. The second kappa shape index (κ2) is 8.58. The molecule has 1 amide bonds. The van der Waals surface area contributed by atoms with Crippen LogP contribution in [0.3, 0.4) is 0 Å². The van der Waals surface area contributed by atoms with Gasteiger partial charge in [-0.3, -0.25) is 4.79 Å². The maximum absolute atomic E-state index is 13.0. The molecule has 0 fully saturated rings. The van der Waals surface area contributed by atoms with Gasteiger partial charge in [-0.1, -0.05) is 63.2 Å². The van der Waals surface area contributed by atoms with E-state index in [-0.39, 0.29) is 17.9 Å². The van der Waals surface area contributed by atoms with Gasteiger partial charge >= 0.3 is 5.97 Å². The second-order valence-corrected chi connectivity index (χ2v) is 9.12. The number of rotatable bonds is 4. The first-order valence-corrected chi connectivity index (χ1v) is 10.9. The Hall–Kier alpha value is -3.47. The van der Waals surface area contributed by atoms with Crippen LogP contribution < -0.4 is 5.32 Å². The minimum absolute atomic E-state index is 0.107. The molecule has 0 spiro atoms. The highest BCUT2D eigenvalue weighted by atomic mass is 16.5. The number of nitrogens with zero attached hydrogens (tertiary/aromatic N) is 1. The third-order valence-electron chi connectivity index (χ3n) is 5.88. The predicted molar refractivity (Wildman–Crippen MR) is 127 cm³/mol. The molecule has 1 aliphatic rings. The number of amides is 1. The quantitative estimate of drug-likeness (QED) is 0.599. The Kier molecular flexibility index (Phi) is 5.83. The second-order valence-electron chi connectivity index (χ2n) is 9.12. The molecule has 4 rings (SSSR count). The van der Waals surface area contributed by atoms with Crippen LogP contribution in [0.5, 0.6) is 0 Å². The molecule has 0 bridgehead atoms. The van der Waals surface area contributed by atoms with E-state index in [2.05, 4.69) is 56.4 Å². The first-order chi connectivity index (χ1) is 15.3. The fourth-order valence-corrected chi connectivity index (χ4v) is 4.07. The van der Waals surface area contributed by atoms with Gasteiger partial charge in [0.1, 0.15) is 0 Å². The van der Waals surface area contributed by atoms with Crippen LogP contribution in [0, 0.1) is 0 Å². The molecule has 0 radical (unpaired) electrons. The summed E-state index contributed by atoms with van der Waals surface area (Å²) in [4.78, 5) is 29.5. The first-order valence-electron chi connectivity index (χ1n) is 10.9. The number of para-hydroxylation sites is 1. The van der Waals surface area contributed by atoms with Gasteiger partial charge in [0, 0.05) is 12.4 Å². The molecular weight excluding hydrogens is 400 g/mol. The van der Waals surface area contributed by atoms with Crippen LogP contribution in [0.2, 0.25) is 0 Å². The first kappa shape index (κ1) is 21.8. The SMILES string of the molecule is CNC(=O)COC(=O)c1c2c(nc3ccccc13)C(=Cc1ccc(C(C)(C)C)cc1)CC2. The van der Waals surface area contributed by atoms with Crippen LogP contribution in [-0.2, 0) is 21.4 Å². The number of benzene rings is 2. The summed E-state index contributed by atoms with van der Waals surface area (Å²) in [5, 5.41) is 3.22. The van der Waals surface area contributed by atoms with Crippen molar-refractivity contribution < 1.29 is 14.3 Å². The molecule has 0 saturated carbocycles. The van der Waals surface area contributed by atoms with E-state index in [0.717, 1.165) is 39.7 Å². The highest BCUT2D eigenvalue weighted by Crippen LogP contribution is 2.38. The van der Waals surface area contributed by atoms with E-state index in [0.29, 0.717) is 12.0 Å². The number of carbonyl (C=O) groups excluding carboxylic acids is 2. The number of ether oxygens (including phenoxy) is 1. The van der Waals surface area contributed by atoms with Crippen molar-refractivity contribution in [2.75, 3.05) is 13.7 Å². The summed E-state index contributed by atoms with van der Waals surface area (Å²) in [5.74, 6) is -0.827. The summed E-state index contributed by atoms with van der Waals surface area (Å²) in [7, 11) is 1.51. The van der Waals surface area contributed by atoms with Crippen LogP contribution in [-0.4, -0.2) is 30.5 Å². The highest BCUT2D eigenvalue weighted by Gasteiger charge is 2.28. The third-order valence-corrected chi connectivity index (χ3v) is 5.88. The normalized spacial score (nSPS) is 14.4. The van der Waals surface area contributed by atoms with Crippen molar-refractivity contribution >= 4 is 34.4 Å². The molecule has 0 saturated heterocycles. The molecule has 0 aliphatic heterocycles. The Morgan fingerprint density at radius 3 is 2.47 bits per heavy atom. The van der Waals surface area contributed by atoms with E-state index in [1.807, 2.05) is 24.3 Å². The standard InChI is InChI=1S/C27H28N2O3/c1-27(2,3)19-12-9-17(10-13-19)15-18-11-14-21-24(26(31)32-16-23(30)28-4)20-7-5-6-8-22(20)29-25(18)21/h5-10,12-13,15H,11,14,16H2,1-4H3,(H,28,30). The zero-order valence-electron chi connectivity index (χ0n) is 19.0. The van der Waals surface area contributed by atoms with Crippen LogP contribution in [0.15, 0.2) is 48.5 Å². The van der Waals surface area contributed by atoms with E-state index < -0.39 is 5.97 Å². The zero-order valence-corrected chi connectivity index (χ0v) is 19.0. The lowest BCUT2D eigenvalue weighted by Crippen LogP contribution is -2.25. The maximum Gasteiger partial charge on any atom is 0.339 e. The number of carbonyl (C=O) groups is 2. The number of allylic oxidation sites excluding steroid dienone is 1. The van der Waals surface area contributed by atoms with Crippen molar-refractivity contribution in [3.8, 4) is 0 Å². The Labute approximate surface area is 188 Å². The molecule has 1 heterocycles. The minimum Gasteiger partial charge on any atom is -0.452 e. The molecule has 5 heteroatoms. The van der Waals surface area contributed by atoms with E-state index in [9.17, 15) is 9.59 Å². The van der Waals surface area contributed by atoms with Crippen molar-refractivity contribution in [2.24, 2.45) is 0 Å². The number of pyridine rings is 1. The fraction of sp³-hybridized carbons (Fsp3) is 0.296. The van der Waals surface area contributed by atoms with Crippen LogP contribution in [0.4, 0.5) is 0 Å². The van der Waals surface area contributed by atoms with Gasteiger partial charge < -0.3 is 10.1 Å². The molecule has 0 atom stereocenters. The highest BCUT2D eigenvalue weighted by molar-refractivity contribution is 6.07. The van der Waals surface area contributed by atoms with Crippen molar-refractivity contribution in [3.63, 3.8) is 0 Å². The summed E-state index contributed by atoms with van der Waals surface area (Å²) >= 11 is 0. The molecule has 1 N–H and O–H groups in total. The topological polar surface area (TPSA) is 68.3 Å². The molecule has 2 aromatic carbocycles. The molecule has 32 heavy (non-hydrogen) atoms. The van der Waals surface area contributed by atoms with Crippen molar-refractivity contribution in [1.82, 2.24) is 10.3 Å². The van der Waals surface area contributed by atoms with E-state index in [1.165, 1.54) is 12.6 Å². The number of aromatic nitrogens is 1. The van der Waals surface area contributed by atoms with Gasteiger partial charge in [-0.25, -0.2) is 9.78 Å². The van der Waals surface area contributed by atoms with Gasteiger partial charge in [0.25, 0.3) is 5.91 Å². The van der Waals surface area contributed by atoms with Gasteiger partial charge in [0.15, 0.2) is 6.61 Å². The van der Waals surface area contributed by atoms with E-state index in [4.69, 9.17) is 9.72 Å². The average molecular weight is 429 g/mol. The molecule has 0 unspecified atom stereocenters. The molecule has 1 aliphatic carbocycles. The van der Waals surface area contributed by atoms with Crippen molar-refractivity contribution in [3.05, 3.63) is 76.5 Å². The molecule has 164 valence electrons. The number of hydrogen-bond acceptors (Lipinski definition) is 4. The van der Waals surface area contributed by atoms with Crippen LogP contribution in [0.25, 0.3) is 22.6 Å². The van der Waals surface area contributed by atoms with Gasteiger partial charge in [-0.05, 0) is 52.7 Å². The third kappa shape index (κ3) is 4.28. The van der Waals surface area contributed by atoms with Gasteiger partial charge in [-0.2, -0.15) is 0 Å². The largest absolute Gasteiger partial charge is 0.452 e. The number of nitrogens with one attached hydrogen (secondary N) is 1. The molecule has 5 nitrogen and oxygen atoms in total. The molecule has 1 aromatic heterocycles. The lowest BCUT2D eigenvalue weighted by atomic mass is 9.86. The van der Waals surface area contributed by atoms with Crippen LogP contribution in [0.1, 0.15) is 59.9 Å². The van der Waals surface area contributed by atoms with E-state index >= 15 is 0 Å². The molecule has 3 aromatic rings. The van der Waals surface area contributed by atoms with Gasteiger partial charge in [-0.15, -0.1) is 0 Å². The lowest BCUT2D eigenvalue weighted by Gasteiger charge is -2.18. The summed E-state index contributed by atoms with van der Waals surface area (Å²) in [6, 6.07) is 16.2. The van der Waals surface area contributed by atoms with Gasteiger partial charge in [0.05, 0.1) is 16.8 Å². The Balaban J connectivity index is 1.75. The summed E-state index contributed by atoms with van der Waals surface area (Å²) in [6.45, 7) is 6.30. The number of esters is 1. The molecular formula is C27H28N2O3. The number of fused-ring (bicyclic) bond motifs is 2. The number of likely N-dealkylation sites (N-methyl/N-ethyl adjacent to an activating group) is 1. The Morgan fingerprint density at radius 2 is 1.78 bits per heavy atom. The predicted octanol–water partition coefficient (Wildman–Crippen LogP) is 4.92. The zero-order chi connectivity index (χ0) is 22.9. The minimum atomic E-state index is -0.487. The average Bonchev–Trinajstić information content (AvgIpc) is 3.17. The maximum atomic E-state index is 13.0. The van der Waals surface area contributed by atoms with E-state index in [1.54, 1.807) is 0 Å². The number of hydrogen-bond donors (Lipinski definition) is 1. The smallest absolute Gasteiger partial charge is 0.339 e. The monoisotopic (exact) mass is 428 g/mol.